The van der Waals surface area contributed by atoms with Gasteiger partial charge in [0.15, 0.2) is 0 Å². The predicted molar refractivity (Wildman–Crippen MR) is 103 cm³/mol. The Balaban J connectivity index is 1.95. The third-order valence-corrected chi connectivity index (χ3v) is 5.46. The van der Waals surface area contributed by atoms with Crippen molar-refractivity contribution < 1.29 is 12.8 Å². The van der Waals surface area contributed by atoms with Crippen LogP contribution in [-0.4, -0.2) is 15.5 Å². The smallest absolute Gasteiger partial charge is 0.261 e. The van der Waals surface area contributed by atoms with E-state index in [1.165, 1.54) is 18.2 Å². The summed E-state index contributed by atoms with van der Waals surface area (Å²) in [5, 5.41) is 2.99. The Morgan fingerprint density at radius 1 is 0.885 bits per heavy atom. The molecule has 0 aliphatic carbocycles. The molecule has 134 valence electrons. The highest BCUT2D eigenvalue weighted by Gasteiger charge is 2.16. The monoisotopic (exact) mass is 370 g/mol. The molecule has 4 nitrogen and oxygen atoms in total. The van der Waals surface area contributed by atoms with Crippen molar-refractivity contribution in [1.29, 1.82) is 0 Å². The van der Waals surface area contributed by atoms with Crippen LogP contribution < -0.4 is 10.0 Å². The Morgan fingerprint density at radius 3 is 2.31 bits per heavy atom. The van der Waals surface area contributed by atoms with Crippen molar-refractivity contribution in [2.75, 3.05) is 17.1 Å². The molecule has 2 N–H and O–H groups in total. The second-order valence-corrected chi connectivity index (χ2v) is 7.60. The van der Waals surface area contributed by atoms with Crippen LogP contribution in [0.3, 0.4) is 0 Å². The fourth-order valence-electron chi connectivity index (χ4n) is 2.58. The topological polar surface area (TPSA) is 58.2 Å². The lowest BCUT2D eigenvalue weighted by Gasteiger charge is -2.13. The summed E-state index contributed by atoms with van der Waals surface area (Å²) in [6.45, 7) is 1.84. The van der Waals surface area contributed by atoms with Crippen molar-refractivity contribution in [3.63, 3.8) is 0 Å². The molecule has 0 atom stereocenters. The van der Waals surface area contributed by atoms with Gasteiger partial charge in [0.1, 0.15) is 5.82 Å². The van der Waals surface area contributed by atoms with E-state index < -0.39 is 10.0 Å². The zero-order valence-electron chi connectivity index (χ0n) is 14.5. The van der Waals surface area contributed by atoms with E-state index in [4.69, 9.17) is 0 Å². The second kappa shape index (κ2) is 7.17. The van der Waals surface area contributed by atoms with Crippen molar-refractivity contribution in [1.82, 2.24) is 0 Å². The normalized spacial score (nSPS) is 11.2. The average Bonchev–Trinajstić information content (AvgIpc) is 2.64. The van der Waals surface area contributed by atoms with Crippen LogP contribution in [0.1, 0.15) is 5.56 Å². The van der Waals surface area contributed by atoms with E-state index in [2.05, 4.69) is 10.0 Å². The first-order valence-electron chi connectivity index (χ1n) is 8.06. The Kier molecular flexibility index (Phi) is 4.95. The summed E-state index contributed by atoms with van der Waals surface area (Å²) in [6.07, 6.45) is 0. The third kappa shape index (κ3) is 3.86. The summed E-state index contributed by atoms with van der Waals surface area (Å²) in [5.41, 5.74) is 3.60. The molecule has 0 spiro atoms. The van der Waals surface area contributed by atoms with E-state index in [0.29, 0.717) is 11.3 Å². The van der Waals surface area contributed by atoms with Gasteiger partial charge in [-0.3, -0.25) is 4.72 Å². The fraction of sp³-hybridized carbons (Fsp3) is 0.100. The van der Waals surface area contributed by atoms with Crippen molar-refractivity contribution in [3.05, 3.63) is 78.1 Å². The molecule has 0 saturated carbocycles. The van der Waals surface area contributed by atoms with Gasteiger partial charge in [-0.2, -0.15) is 0 Å². The maximum absolute atomic E-state index is 13.1. The minimum absolute atomic E-state index is 0.147. The number of hydrogen-bond acceptors (Lipinski definition) is 3. The molecule has 3 aromatic carbocycles. The second-order valence-electron chi connectivity index (χ2n) is 5.92. The van der Waals surface area contributed by atoms with Crippen molar-refractivity contribution in [3.8, 4) is 11.1 Å². The Labute approximate surface area is 152 Å². The van der Waals surface area contributed by atoms with Crippen molar-refractivity contribution in [2.24, 2.45) is 0 Å². The number of benzene rings is 3. The first kappa shape index (κ1) is 17.9. The maximum atomic E-state index is 13.1. The van der Waals surface area contributed by atoms with Gasteiger partial charge in [-0.05, 0) is 60.0 Å². The molecule has 0 unspecified atom stereocenters. The van der Waals surface area contributed by atoms with Crippen molar-refractivity contribution >= 4 is 21.4 Å². The molecule has 0 saturated heterocycles. The van der Waals surface area contributed by atoms with E-state index >= 15 is 0 Å². The maximum Gasteiger partial charge on any atom is 0.261 e. The Bertz CT molecular complexity index is 1030. The van der Waals surface area contributed by atoms with E-state index in [0.717, 1.165) is 16.8 Å². The first-order chi connectivity index (χ1) is 12.4. The van der Waals surface area contributed by atoms with Gasteiger partial charge < -0.3 is 5.32 Å². The molecule has 3 rings (SSSR count). The number of nitrogens with one attached hydrogen (secondary N) is 2. The van der Waals surface area contributed by atoms with E-state index in [1.807, 2.05) is 19.1 Å². The molecule has 0 amide bonds. The SMILES string of the molecule is CNc1ccc(C)c(NS(=O)(=O)c2cccc(-c3ccc(F)cc3)c2)c1. The molecule has 0 fully saturated rings. The van der Waals surface area contributed by atoms with Gasteiger partial charge in [-0.1, -0.05) is 30.3 Å². The number of sulfonamides is 1. The van der Waals surface area contributed by atoms with Gasteiger partial charge in [0.25, 0.3) is 10.0 Å². The molecule has 0 radical (unpaired) electrons. The van der Waals surface area contributed by atoms with Crippen LogP contribution in [0.4, 0.5) is 15.8 Å². The zero-order chi connectivity index (χ0) is 18.7. The van der Waals surface area contributed by atoms with E-state index in [-0.39, 0.29) is 10.7 Å². The standard InChI is InChI=1S/C20H19FN2O2S/c1-14-6-11-18(22-2)13-20(14)23-26(24,25)19-5-3-4-16(12-19)15-7-9-17(21)10-8-15/h3-13,22-23H,1-2H3. The Hall–Kier alpha value is -2.86. The quantitative estimate of drug-likeness (QED) is 0.688. The van der Waals surface area contributed by atoms with E-state index in [1.54, 1.807) is 43.4 Å². The zero-order valence-corrected chi connectivity index (χ0v) is 15.3. The van der Waals surface area contributed by atoms with Gasteiger partial charge in [0, 0.05) is 12.7 Å². The lowest BCUT2D eigenvalue weighted by atomic mass is 10.1. The number of hydrogen-bond donors (Lipinski definition) is 2. The molecule has 0 aromatic heterocycles. The van der Waals surface area contributed by atoms with E-state index in [9.17, 15) is 12.8 Å². The lowest BCUT2D eigenvalue weighted by molar-refractivity contribution is 0.601. The highest BCUT2D eigenvalue weighted by atomic mass is 32.2. The summed E-state index contributed by atoms with van der Waals surface area (Å²) in [6, 6.07) is 18.0. The minimum Gasteiger partial charge on any atom is -0.388 e. The van der Waals surface area contributed by atoms with Crippen LogP contribution in [0.25, 0.3) is 11.1 Å². The van der Waals surface area contributed by atoms with Crippen LogP contribution in [0.5, 0.6) is 0 Å². The van der Waals surface area contributed by atoms with Crippen LogP contribution in [0.2, 0.25) is 0 Å². The molecule has 0 bridgehead atoms. The van der Waals surface area contributed by atoms with Gasteiger partial charge in [-0.15, -0.1) is 0 Å². The fourth-order valence-corrected chi connectivity index (χ4v) is 3.74. The highest BCUT2D eigenvalue weighted by Crippen LogP contribution is 2.26. The van der Waals surface area contributed by atoms with Gasteiger partial charge in [0.2, 0.25) is 0 Å². The predicted octanol–water partition coefficient (Wildman–Crippen LogP) is 4.64. The van der Waals surface area contributed by atoms with Crippen LogP contribution in [-0.2, 0) is 10.0 Å². The molecule has 6 heteroatoms. The molecular formula is C20H19FN2O2S. The number of aryl methyl sites for hydroxylation is 1. The summed E-state index contributed by atoms with van der Waals surface area (Å²) in [5.74, 6) is -0.334. The van der Waals surface area contributed by atoms with Crippen LogP contribution in [0, 0.1) is 12.7 Å². The number of rotatable bonds is 5. The summed E-state index contributed by atoms with van der Waals surface area (Å²) in [4.78, 5) is 0.147. The van der Waals surface area contributed by atoms with Crippen molar-refractivity contribution in [2.45, 2.75) is 11.8 Å². The molecule has 0 aliphatic rings. The van der Waals surface area contributed by atoms with Crippen LogP contribution >= 0.6 is 0 Å². The summed E-state index contributed by atoms with van der Waals surface area (Å²) >= 11 is 0. The molecule has 0 heterocycles. The Morgan fingerprint density at radius 2 is 1.62 bits per heavy atom. The van der Waals surface area contributed by atoms with Gasteiger partial charge in [-0.25, -0.2) is 12.8 Å². The van der Waals surface area contributed by atoms with Gasteiger partial charge >= 0.3 is 0 Å². The average molecular weight is 370 g/mol. The highest BCUT2D eigenvalue weighted by molar-refractivity contribution is 7.92. The lowest BCUT2D eigenvalue weighted by Crippen LogP contribution is -2.14. The summed E-state index contributed by atoms with van der Waals surface area (Å²) in [7, 11) is -1.98. The van der Waals surface area contributed by atoms with Gasteiger partial charge in [0.05, 0.1) is 10.6 Å². The minimum atomic E-state index is -3.75. The third-order valence-electron chi connectivity index (χ3n) is 4.09. The molecule has 26 heavy (non-hydrogen) atoms. The largest absolute Gasteiger partial charge is 0.388 e. The molecule has 3 aromatic rings. The summed E-state index contributed by atoms with van der Waals surface area (Å²) < 4.78 is 41.3. The number of anilines is 2. The molecular weight excluding hydrogens is 351 g/mol. The first-order valence-corrected chi connectivity index (χ1v) is 9.54. The molecule has 0 aliphatic heterocycles. The number of halogens is 1. The van der Waals surface area contributed by atoms with Crippen LogP contribution in [0.15, 0.2) is 71.6 Å².